The summed E-state index contributed by atoms with van der Waals surface area (Å²) in [5.74, 6) is -0.477. The molecule has 0 unspecified atom stereocenters. The molecule has 0 bridgehead atoms. The largest absolute Gasteiger partial charge is 0.482 e. The molecule has 0 radical (unpaired) electrons. The predicted molar refractivity (Wildman–Crippen MR) is 102 cm³/mol. The summed E-state index contributed by atoms with van der Waals surface area (Å²) in [4.78, 5) is 25.0. The van der Waals surface area contributed by atoms with Gasteiger partial charge in [0, 0.05) is 4.88 Å². The molecule has 0 fully saturated rings. The number of anilines is 1. The van der Waals surface area contributed by atoms with Gasteiger partial charge in [0.1, 0.15) is 16.8 Å². The van der Waals surface area contributed by atoms with Crippen LogP contribution in [-0.4, -0.2) is 25.1 Å². The first-order valence-electron chi connectivity index (χ1n) is 8.68. The summed E-state index contributed by atoms with van der Waals surface area (Å²) < 4.78 is 10.4. The van der Waals surface area contributed by atoms with Gasteiger partial charge < -0.3 is 14.8 Å². The Morgan fingerprint density at radius 3 is 2.85 bits per heavy atom. The van der Waals surface area contributed by atoms with Crippen molar-refractivity contribution < 1.29 is 19.1 Å². The number of nitrogens with zero attached hydrogens (tertiary/aromatic N) is 1. The smallest absolute Gasteiger partial charge is 0.344 e. The second-order valence-corrected chi connectivity index (χ2v) is 7.54. The van der Waals surface area contributed by atoms with E-state index in [0.29, 0.717) is 16.3 Å². The zero-order valence-corrected chi connectivity index (χ0v) is 16.1. The molecule has 1 aliphatic rings. The number of thiophene rings is 1. The summed E-state index contributed by atoms with van der Waals surface area (Å²) in [5.41, 5.74) is 3.52. The van der Waals surface area contributed by atoms with E-state index >= 15 is 0 Å². The molecule has 27 heavy (non-hydrogen) atoms. The number of fused-ring (bicyclic) bond motifs is 1. The van der Waals surface area contributed by atoms with Gasteiger partial charge in [-0.2, -0.15) is 5.26 Å². The van der Waals surface area contributed by atoms with E-state index in [1.807, 2.05) is 32.0 Å². The van der Waals surface area contributed by atoms with Crippen molar-refractivity contribution in [1.29, 1.82) is 5.26 Å². The maximum absolute atomic E-state index is 12.1. The van der Waals surface area contributed by atoms with E-state index in [9.17, 15) is 14.9 Å². The van der Waals surface area contributed by atoms with Crippen LogP contribution in [-0.2, 0) is 27.2 Å². The maximum Gasteiger partial charge on any atom is 0.344 e. The lowest BCUT2D eigenvalue weighted by Gasteiger charge is -2.10. The van der Waals surface area contributed by atoms with Crippen LogP contribution >= 0.6 is 11.3 Å². The number of amides is 1. The highest BCUT2D eigenvalue weighted by molar-refractivity contribution is 7.16. The summed E-state index contributed by atoms with van der Waals surface area (Å²) in [6.07, 6.45) is 2.85. The summed E-state index contributed by atoms with van der Waals surface area (Å²) in [5, 5.41) is 12.5. The third kappa shape index (κ3) is 4.47. The van der Waals surface area contributed by atoms with Gasteiger partial charge in [-0.25, -0.2) is 4.79 Å². The molecule has 1 N–H and O–H groups in total. The van der Waals surface area contributed by atoms with Crippen LogP contribution < -0.4 is 10.1 Å². The summed E-state index contributed by atoms with van der Waals surface area (Å²) in [6.45, 7) is 3.14. The Kier molecular flexibility index (Phi) is 5.77. The molecule has 3 rings (SSSR count). The van der Waals surface area contributed by atoms with Crippen molar-refractivity contribution >= 4 is 28.2 Å². The first-order chi connectivity index (χ1) is 13.0. The van der Waals surface area contributed by atoms with Crippen molar-refractivity contribution in [3.63, 3.8) is 0 Å². The minimum absolute atomic E-state index is 0.270. The van der Waals surface area contributed by atoms with Gasteiger partial charge in [0.15, 0.2) is 13.2 Å². The van der Waals surface area contributed by atoms with E-state index in [2.05, 4.69) is 11.4 Å². The highest BCUT2D eigenvalue weighted by atomic mass is 32.1. The lowest BCUT2D eigenvalue weighted by Crippen LogP contribution is -2.23. The van der Waals surface area contributed by atoms with Gasteiger partial charge >= 0.3 is 5.97 Å². The number of rotatable bonds is 6. The summed E-state index contributed by atoms with van der Waals surface area (Å²) >= 11 is 1.43. The zero-order chi connectivity index (χ0) is 19.4. The van der Waals surface area contributed by atoms with E-state index in [1.54, 1.807) is 0 Å². The zero-order valence-electron chi connectivity index (χ0n) is 15.3. The average Bonchev–Trinajstić information content (AvgIpc) is 3.21. The second-order valence-electron chi connectivity index (χ2n) is 6.44. The van der Waals surface area contributed by atoms with Gasteiger partial charge in [-0.3, -0.25) is 4.79 Å². The number of carbonyl (C=O) groups excluding carboxylic acids is 2. The normalized spacial score (nSPS) is 12.2. The van der Waals surface area contributed by atoms with Crippen molar-refractivity contribution in [3.05, 3.63) is 45.3 Å². The number of hydrogen-bond acceptors (Lipinski definition) is 6. The molecule has 0 saturated heterocycles. The number of hydrogen-bond donors (Lipinski definition) is 1. The summed E-state index contributed by atoms with van der Waals surface area (Å²) in [7, 11) is 0. The van der Waals surface area contributed by atoms with Crippen molar-refractivity contribution in [2.75, 3.05) is 18.5 Å². The monoisotopic (exact) mass is 384 g/mol. The van der Waals surface area contributed by atoms with Gasteiger partial charge in [-0.05, 0) is 55.9 Å². The number of nitriles is 1. The molecule has 0 spiro atoms. The molecule has 7 heteroatoms. The Labute approximate surface area is 161 Å². The molecule has 0 saturated carbocycles. The molecular formula is C20H20N2O4S. The third-order valence-corrected chi connectivity index (χ3v) is 5.55. The summed E-state index contributed by atoms with van der Waals surface area (Å²) in [6, 6.07) is 7.87. The van der Waals surface area contributed by atoms with Gasteiger partial charge in [-0.15, -0.1) is 11.3 Å². The van der Waals surface area contributed by atoms with Crippen LogP contribution in [0.1, 0.15) is 33.6 Å². The lowest BCUT2D eigenvalue weighted by molar-refractivity contribution is -0.149. The SMILES string of the molecule is Cc1ccc(C)c(OCC(=O)OCC(=O)Nc2sc3c(c2C#N)CCC3)c1. The molecular weight excluding hydrogens is 364 g/mol. The Bertz CT molecular complexity index is 927. The van der Waals surface area contributed by atoms with Crippen LogP contribution in [0.3, 0.4) is 0 Å². The van der Waals surface area contributed by atoms with Crippen molar-refractivity contribution in [1.82, 2.24) is 0 Å². The fourth-order valence-electron chi connectivity index (χ4n) is 2.96. The van der Waals surface area contributed by atoms with Crippen LogP contribution in [0.5, 0.6) is 5.75 Å². The van der Waals surface area contributed by atoms with Crippen molar-refractivity contribution in [2.45, 2.75) is 33.1 Å². The van der Waals surface area contributed by atoms with E-state index in [-0.39, 0.29) is 6.61 Å². The molecule has 1 aliphatic carbocycles. The van der Waals surface area contributed by atoms with E-state index in [0.717, 1.165) is 40.8 Å². The number of aryl methyl sites for hydroxylation is 3. The Hall–Kier alpha value is -2.85. The Morgan fingerprint density at radius 2 is 2.07 bits per heavy atom. The van der Waals surface area contributed by atoms with Gasteiger partial charge in [0.05, 0.1) is 5.56 Å². The molecule has 6 nitrogen and oxygen atoms in total. The number of esters is 1. The molecule has 1 amide bonds. The first kappa shape index (κ1) is 18.9. The van der Waals surface area contributed by atoms with Crippen LogP contribution in [0.15, 0.2) is 18.2 Å². The van der Waals surface area contributed by atoms with Gasteiger partial charge in [0.2, 0.25) is 0 Å². The highest BCUT2D eigenvalue weighted by Gasteiger charge is 2.23. The molecule has 140 valence electrons. The average molecular weight is 384 g/mol. The van der Waals surface area contributed by atoms with Crippen LogP contribution in [0.25, 0.3) is 0 Å². The van der Waals surface area contributed by atoms with Crippen molar-refractivity contribution in [3.8, 4) is 11.8 Å². The molecule has 1 aromatic heterocycles. The van der Waals surface area contributed by atoms with Crippen LogP contribution in [0, 0.1) is 25.2 Å². The maximum atomic E-state index is 12.1. The fourth-order valence-corrected chi connectivity index (χ4v) is 4.22. The Morgan fingerprint density at radius 1 is 1.26 bits per heavy atom. The number of benzene rings is 1. The van der Waals surface area contributed by atoms with Gasteiger partial charge in [-0.1, -0.05) is 12.1 Å². The van der Waals surface area contributed by atoms with Crippen molar-refractivity contribution in [2.24, 2.45) is 0 Å². The standard InChI is InChI=1S/C20H20N2O4S/c1-12-6-7-13(2)16(8-12)25-11-19(24)26-10-18(23)22-20-15(9-21)14-4-3-5-17(14)27-20/h6-8H,3-5,10-11H2,1-2H3,(H,22,23). The minimum Gasteiger partial charge on any atom is -0.482 e. The molecule has 1 heterocycles. The molecule has 1 aromatic carbocycles. The minimum atomic E-state index is -0.625. The van der Waals surface area contributed by atoms with E-state index in [1.165, 1.54) is 11.3 Å². The quantitative estimate of drug-likeness (QED) is 0.772. The molecule has 2 aromatic rings. The number of nitrogens with one attached hydrogen (secondary N) is 1. The second kappa shape index (κ2) is 8.23. The Balaban J connectivity index is 1.49. The predicted octanol–water partition coefficient (Wildman–Crippen LogP) is 3.29. The van der Waals surface area contributed by atoms with Crippen LogP contribution in [0.4, 0.5) is 5.00 Å². The van der Waals surface area contributed by atoms with Crippen LogP contribution in [0.2, 0.25) is 0 Å². The lowest BCUT2D eigenvalue weighted by atomic mass is 10.1. The van der Waals surface area contributed by atoms with Gasteiger partial charge in [0.25, 0.3) is 5.91 Å². The topological polar surface area (TPSA) is 88.4 Å². The molecule has 0 aliphatic heterocycles. The fraction of sp³-hybridized carbons (Fsp3) is 0.350. The number of carbonyl (C=O) groups is 2. The number of ether oxygens (including phenoxy) is 2. The van der Waals surface area contributed by atoms with E-state index < -0.39 is 18.5 Å². The third-order valence-electron chi connectivity index (χ3n) is 4.34. The first-order valence-corrected chi connectivity index (χ1v) is 9.49. The van der Waals surface area contributed by atoms with E-state index in [4.69, 9.17) is 9.47 Å². The molecule has 0 atom stereocenters. The highest BCUT2D eigenvalue weighted by Crippen LogP contribution is 2.38.